The second kappa shape index (κ2) is 10.8. The van der Waals surface area contributed by atoms with Gasteiger partial charge in [-0.25, -0.2) is 4.39 Å². The van der Waals surface area contributed by atoms with E-state index in [1.165, 1.54) is 11.6 Å². The summed E-state index contributed by atoms with van der Waals surface area (Å²) in [7, 11) is 1.77. The number of guanidine groups is 1. The average Bonchev–Trinajstić information content (AvgIpc) is 3.08. The predicted molar refractivity (Wildman–Crippen MR) is 118 cm³/mol. The van der Waals surface area contributed by atoms with E-state index in [0.717, 1.165) is 57.1 Å². The monoisotopic (exact) mass is 488 g/mol. The Hall–Kier alpha value is -1.19. The Bertz CT molecular complexity index is 719. The van der Waals surface area contributed by atoms with E-state index in [-0.39, 0.29) is 29.8 Å². The van der Waals surface area contributed by atoms with Crippen molar-refractivity contribution in [1.29, 1.82) is 0 Å². The zero-order valence-electron chi connectivity index (χ0n) is 15.0. The molecule has 0 bridgehead atoms. The lowest BCUT2D eigenvalue weighted by Crippen LogP contribution is -2.43. The van der Waals surface area contributed by atoms with Crippen LogP contribution in [0.2, 0.25) is 0 Å². The molecule has 0 amide bonds. The van der Waals surface area contributed by atoms with Crippen molar-refractivity contribution in [3.63, 3.8) is 0 Å². The number of rotatable bonds is 6. The summed E-state index contributed by atoms with van der Waals surface area (Å²) >= 11 is 1.87. The standard InChI is InChI=1S/C19H25FN4S.HI/c1-21-19(22-8-5-15-3-2-4-17(20)13-15)23-9-11-24-10-6-18-16(14-24)7-12-25-18;/h2-4,7,12-13H,5-6,8-11,14H2,1H3,(H2,21,22,23);1H. The number of fused-ring (bicyclic) bond motifs is 1. The van der Waals surface area contributed by atoms with Crippen LogP contribution in [-0.4, -0.2) is 44.1 Å². The molecule has 1 aliphatic heterocycles. The van der Waals surface area contributed by atoms with Gasteiger partial charge in [-0.15, -0.1) is 35.3 Å². The van der Waals surface area contributed by atoms with Gasteiger partial charge >= 0.3 is 0 Å². The molecule has 0 saturated heterocycles. The van der Waals surface area contributed by atoms with Crippen LogP contribution in [0.4, 0.5) is 4.39 Å². The first-order valence-electron chi connectivity index (χ1n) is 8.71. The molecule has 2 heterocycles. The minimum atomic E-state index is -0.185. The van der Waals surface area contributed by atoms with Gasteiger partial charge in [0.15, 0.2) is 5.96 Å². The van der Waals surface area contributed by atoms with Crippen molar-refractivity contribution in [2.75, 3.05) is 33.2 Å². The van der Waals surface area contributed by atoms with Crippen molar-refractivity contribution in [3.05, 3.63) is 57.5 Å². The summed E-state index contributed by atoms with van der Waals surface area (Å²) < 4.78 is 13.2. The van der Waals surface area contributed by atoms with E-state index in [2.05, 4.69) is 32.0 Å². The number of hydrogen-bond acceptors (Lipinski definition) is 3. The topological polar surface area (TPSA) is 39.7 Å². The number of benzene rings is 1. The Balaban J connectivity index is 0.00000243. The van der Waals surface area contributed by atoms with Crippen LogP contribution in [0.5, 0.6) is 0 Å². The zero-order valence-corrected chi connectivity index (χ0v) is 18.1. The van der Waals surface area contributed by atoms with Gasteiger partial charge in [0.2, 0.25) is 0 Å². The van der Waals surface area contributed by atoms with Gasteiger partial charge in [0.05, 0.1) is 0 Å². The summed E-state index contributed by atoms with van der Waals surface area (Å²) in [4.78, 5) is 8.27. The maximum Gasteiger partial charge on any atom is 0.191 e. The third-order valence-electron chi connectivity index (χ3n) is 4.43. The summed E-state index contributed by atoms with van der Waals surface area (Å²) in [6.07, 6.45) is 1.93. The highest BCUT2D eigenvalue weighted by Gasteiger charge is 2.16. The van der Waals surface area contributed by atoms with E-state index < -0.39 is 0 Å². The lowest BCUT2D eigenvalue weighted by Gasteiger charge is -2.27. The number of thiophene rings is 1. The highest BCUT2D eigenvalue weighted by molar-refractivity contribution is 14.0. The number of hydrogen-bond donors (Lipinski definition) is 2. The first kappa shape index (κ1) is 21.1. The van der Waals surface area contributed by atoms with Crippen molar-refractivity contribution in [1.82, 2.24) is 15.5 Å². The van der Waals surface area contributed by atoms with Crippen LogP contribution in [0.1, 0.15) is 16.0 Å². The number of nitrogens with one attached hydrogen (secondary N) is 2. The van der Waals surface area contributed by atoms with Gasteiger partial charge < -0.3 is 10.6 Å². The fourth-order valence-corrected chi connectivity index (χ4v) is 3.96. The summed E-state index contributed by atoms with van der Waals surface area (Å²) in [6.45, 7) is 4.76. The summed E-state index contributed by atoms with van der Waals surface area (Å²) in [5.41, 5.74) is 2.47. The largest absolute Gasteiger partial charge is 0.356 e. The maximum atomic E-state index is 13.2. The summed E-state index contributed by atoms with van der Waals surface area (Å²) in [6, 6.07) is 8.97. The van der Waals surface area contributed by atoms with Crippen molar-refractivity contribution in [3.8, 4) is 0 Å². The Morgan fingerprint density at radius 1 is 1.27 bits per heavy atom. The normalized spacial score (nSPS) is 14.5. The van der Waals surface area contributed by atoms with Crippen LogP contribution in [-0.2, 0) is 19.4 Å². The van der Waals surface area contributed by atoms with E-state index >= 15 is 0 Å². The van der Waals surface area contributed by atoms with Crippen molar-refractivity contribution in [2.24, 2.45) is 4.99 Å². The van der Waals surface area contributed by atoms with Crippen LogP contribution in [0.25, 0.3) is 0 Å². The van der Waals surface area contributed by atoms with Crippen molar-refractivity contribution >= 4 is 41.3 Å². The van der Waals surface area contributed by atoms with Crippen LogP contribution in [0, 0.1) is 5.82 Å². The third kappa shape index (κ3) is 6.21. The molecular weight excluding hydrogens is 462 g/mol. The van der Waals surface area contributed by atoms with Crippen LogP contribution in [0.3, 0.4) is 0 Å². The second-order valence-corrected chi connectivity index (χ2v) is 7.20. The fraction of sp³-hybridized carbons (Fsp3) is 0.421. The predicted octanol–water partition coefficient (Wildman–Crippen LogP) is 3.27. The molecule has 2 N–H and O–H groups in total. The van der Waals surface area contributed by atoms with E-state index in [1.807, 2.05) is 17.4 Å². The molecule has 1 aromatic carbocycles. The van der Waals surface area contributed by atoms with E-state index in [0.29, 0.717) is 0 Å². The molecule has 0 unspecified atom stereocenters. The van der Waals surface area contributed by atoms with Gasteiger partial charge in [0.25, 0.3) is 0 Å². The molecule has 1 aromatic heterocycles. The summed E-state index contributed by atoms with van der Waals surface area (Å²) in [5.74, 6) is 0.611. The molecule has 1 aliphatic rings. The number of aliphatic imine (C=N–C) groups is 1. The van der Waals surface area contributed by atoms with Crippen molar-refractivity contribution < 1.29 is 4.39 Å². The molecule has 2 aromatic rings. The first-order chi connectivity index (χ1) is 12.2. The molecule has 0 aliphatic carbocycles. The lowest BCUT2D eigenvalue weighted by atomic mass is 10.1. The summed E-state index contributed by atoms with van der Waals surface area (Å²) in [5, 5.41) is 8.84. The molecule has 0 spiro atoms. The molecule has 26 heavy (non-hydrogen) atoms. The molecule has 0 radical (unpaired) electrons. The quantitative estimate of drug-likeness (QED) is 0.373. The minimum absolute atomic E-state index is 0. The molecule has 7 heteroatoms. The van der Waals surface area contributed by atoms with Gasteiger partial charge in [-0.2, -0.15) is 0 Å². The molecule has 4 nitrogen and oxygen atoms in total. The maximum absolute atomic E-state index is 13.2. The Kier molecular flexibility index (Phi) is 8.80. The van der Waals surface area contributed by atoms with Gasteiger partial charge in [-0.3, -0.25) is 9.89 Å². The molecular formula is C19H26FIN4S. The Morgan fingerprint density at radius 3 is 2.92 bits per heavy atom. The van der Waals surface area contributed by atoms with Gasteiger partial charge in [0, 0.05) is 44.6 Å². The number of halogens is 2. The Labute approximate surface area is 175 Å². The van der Waals surface area contributed by atoms with Gasteiger partial charge in [0.1, 0.15) is 5.82 Å². The molecule has 0 fully saturated rings. The van der Waals surface area contributed by atoms with E-state index in [1.54, 1.807) is 24.1 Å². The first-order valence-corrected chi connectivity index (χ1v) is 9.59. The highest BCUT2D eigenvalue weighted by Crippen LogP contribution is 2.23. The van der Waals surface area contributed by atoms with Crippen LogP contribution in [0.15, 0.2) is 40.7 Å². The third-order valence-corrected chi connectivity index (χ3v) is 5.45. The Morgan fingerprint density at radius 2 is 2.12 bits per heavy atom. The van der Waals surface area contributed by atoms with Gasteiger partial charge in [-0.1, -0.05) is 12.1 Å². The fourth-order valence-electron chi connectivity index (χ4n) is 3.07. The molecule has 3 rings (SSSR count). The zero-order chi connectivity index (χ0) is 17.5. The van der Waals surface area contributed by atoms with Gasteiger partial charge in [-0.05, 0) is 47.5 Å². The van der Waals surface area contributed by atoms with Crippen LogP contribution < -0.4 is 10.6 Å². The highest BCUT2D eigenvalue weighted by atomic mass is 127. The second-order valence-electron chi connectivity index (χ2n) is 6.20. The molecule has 0 atom stereocenters. The minimum Gasteiger partial charge on any atom is -0.356 e. The molecule has 142 valence electrons. The van der Waals surface area contributed by atoms with Crippen molar-refractivity contribution in [2.45, 2.75) is 19.4 Å². The number of nitrogens with zero attached hydrogens (tertiary/aromatic N) is 2. The smallest absolute Gasteiger partial charge is 0.191 e. The molecule has 0 saturated carbocycles. The average molecular weight is 488 g/mol. The lowest BCUT2D eigenvalue weighted by molar-refractivity contribution is 0.260. The van der Waals surface area contributed by atoms with Crippen LogP contribution >= 0.6 is 35.3 Å². The SMILES string of the molecule is CN=C(NCCc1cccc(F)c1)NCCN1CCc2sccc2C1.I. The van der Waals surface area contributed by atoms with E-state index in [9.17, 15) is 4.39 Å². The van der Waals surface area contributed by atoms with E-state index in [4.69, 9.17) is 0 Å².